The van der Waals surface area contributed by atoms with Crippen LogP contribution in [-0.2, 0) is 6.61 Å². The fourth-order valence-corrected chi connectivity index (χ4v) is 2.25. The Hall–Kier alpha value is -1.62. The zero-order chi connectivity index (χ0) is 15.2. The zero-order valence-electron chi connectivity index (χ0n) is 12.6. The van der Waals surface area contributed by atoms with Crippen molar-refractivity contribution in [2.75, 3.05) is 11.9 Å². The van der Waals surface area contributed by atoms with Crippen LogP contribution in [0, 0.1) is 13.8 Å². The highest BCUT2D eigenvalue weighted by Gasteiger charge is 2.05. The summed E-state index contributed by atoms with van der Waals surface area (Å²) in [6.45, 7) is 7.38. The number of nitrogens with one attached hydrogen (secondary N) is 1. The third kappa shape index (κ3) is 4.70. The average molecular weight is 350 g/mol. The van der Waals surface area contributed by atoms with E-state index in [1.165, 1.54) is 0 Å². The van der Waals surface area contributed by atoms with E-state index in [-0.39, 0.29) is 0 Å². The molecule has 21 heavy (non-hydrogen) atoms. The monoisotopic (exact) mass is 349 g/mol. The maximum Gasteiger partial charge on any atom is 0.168 e. The van der Waals surface area contributed by atoms with Gasteiger partial charge < -0.3 is 10.1 Å². The molecule has 0 fully saturated rings. The maximum absolute atomic E-state index is 5.84. The second-order valence-corrected chi connectivity index (χ2v) is 5.85. The van der Waals surface area contributed by atoms with Crippen molar-refractivity contribution < 1.29 is 4.74 Å². The summed E-state index contributed by atoms with van der Waals surface area (Å²) < 4.78 is 6.83. The minimum atomic E-state index is 0.361. The van der Waals surface area contributed by atoms with Crippen molar-refractivity contribution in [1.82, 2.24) is 9.97 Å². The molecule has 0 radical (unpaired) electrons. The van der Waals surface area contributed by atoms with Gasteiger partial charge in [0.05, 0.1) is 0 Å². The van der Waals surface area contributed by atoms with Gasteiger partial charge in [-0.25, -0.2) is 9.97 Å². The van der Waals surface area contributed by atoms with Crippen molar-refractivity contribution in [1.29, 1.82) is 0 Å². The molecule has 1 aromatic carbocycles. The van der Waals surface area contributed by atoms with Crippen LogP contribution in [0.25, 0.3) is 0 Å². The lowest BCUT2D eigenvalue weighted by atomic mass is 10.2. The van der Waals surface area contributed by atoms with E-state index in [0.29, 0.717) is 12.4 Å². The Kier molecular flexibility index (Phi) is 5.56. The highest BCUT2D eigenvalue weighted by molar-refractivity contribution is 9.10. The Labute approximate surface area is 134 Å². The SMILES string of the molecule is CCCNc1cc(C)nc(COc2cc(Br)ccc2C)n1. The maximum atomic E-state index is 5.84. The first-order valence-electron chi connectivity index (χ1n) is 7.06. The van der Waals surface area contributed by atoms with Gasteiger partial charge in [-0.3, -0.25) is 0 Å². The number of hydrogen-bond acceptors (Lipinski definition) is 4. The molecule has 112 valence electrons. The molecule has 1 N–H and O–H groups in total. The van der Waals surface area contributed by atoms with E-state index in [1.54, 1.807) is 0 Å². The lowest BCUT2D eigenvalue weighted by molar-refractivity contribution is 0.293. The largest absolute Gasteiger partial charge is 0.485 e. The zero-order valence-corrected chi connectivity index (χ0v) is 14.2. The van der Waals surface area contributed by atoms with Crippen LogP contribution in [0.1, 0.15) is 30.4 Å². The lowest BCUT2D eigenvalue weighted by Gasteiger charge is -2.11. The third-order valence-corrected chi connectivity index (χ3v) is 3.46. The molecule has 2 aromatic rings. The molecule has 5 heteroatoms. The van der Waals surface area contributed by atoms with Crippen LogP contribution >= 0.6 is 15.9 Å². The van der Waals surface area contributed by atoms with Crippen molar-refractivity contribution in [3.63, 3.8) is 0 Å². The smallest absolute Gasteiger partial charge is 0.168 e. The Morgan fingerprint density at radius 2 is 2.00 bits per heavy atom. The topological polar surface area (TPSA) is 47.0 Å². The third-order valence-electron chi connectivity index (χ3n) is 2.96. The number of ether oxygens (including phenoxy) is 1. The van der Waals surface area contributed by atoms with Crippen molar-refractivity contribution in [2.45, 2.75) is 33.8 Å². The van der Waals surface area contributed by atoms with Crippen LogP contribution in [0.15, 0.2) is 28.7 Å². The van der Waals surface area contributed by atoms with Crippen LogP contribution in [0.4, 0.5) is 5.82 Å². The Balaban J connectivity index is 2.08. The molecule has 2 rings (SSSR count). The quantitative estimate of drug-likeness (QED) is 0.846. The van der Waals surface area contributed by atoms with Crippen molar-refractivity contribution >= 4 is 21.7 Å². The fourth-order valence-electron chi connectivity index (χ4n) is 1.91. The summed E-state index contributed by atoms with van der Waals surface area (Å²) in [4.78, 5) is 8.90. The fraction of sp³-hybridized carbons (Fsp3) is 0.375. The molecule has 0 aliphatic carbocycles. The van der Waals surface area contributed by atoms with E-state index in [1.807, 2.05) is 38.1 Å². The van der Waals surface area contributed by atoms with Gasteiger partial charge >= 0.3 is 0 Å². The summed E-state index contributed by atoms with van der Waals surface area (Å²) in [7, 11) is 0. The summed E-state index contributed by atoms with van der Waals surface area (Å²) in [5.41, 5.74) is 2.03. The normalized spacial score (nSPS) is 10.5. The molecule has 4 nitrogen and oxygen atoms in total. The molecule has 0 bridgehead atoms. The molecular weight excluding hydrogens is 330 g/mol. The van der Waals surface area contributed by atoms with Crippen molar-refractivity contribution in [3.8, 4) is 5.75 Å². The molecule has 0 aliphatic heterocycles. The number of halogens is 1. The second-order valence-electron chi connectivity index (χ2n) is 4.94. The molecule has 0 unspecified atom stereocenters. The van der Waals surface area contributed by atoms with Crippen LogP contribution in [-0.4, -0.2) is 16.5 Å². The van der Waals surface area contributed by atoms with Gasteiger partial charge in [-0.05, 0) is 38.0 Å². The van der Waals surface area contributed by atoms with Crippen LogP contribution in [0.3, 0.4) is 0 Å². The second kappa shape index (κ2) is 7.41. The summed E-state index contributed by atoms with van der Waals surface area (Å²) in [5, 5.41) is 3.28. The van der Waals surface area contributed by atoms with Gasteiger partial charge in [-0.2, -0.15) is 0 Å². The van der Waals surface area contributed by atoms with E-state index < -0.39 is 0 Å². The van der Waals surface area contributed by atoms with Gasteiger partial charge in [0.25, 0.3) is 0 Å². The molecule has 0 amide bonds. The predicted octanol–water partition coefficient (Wildman–Crippen LogP) is 4.26. The predicted molar refractivity (Wildman–Crippen MR) is 88.8 cm³/mol. The number of nitrogens with zero attached hydrogens (tertiary/aromatic N) is 2. The molecule has 0 spiro atoms. The van der Waals surface area contributed by atoms with E-state index in [9.17, 15) is 0 Å². The van der Waals surface area contributed by atoms with Crippen molar-refractivity contribution in [2.24, 2.45) is 0 Å². The van der Waals surface area contributed by atoms with Gasteiger partial charge in [0.15, 0.2) is 5.82 Å². The van der Waals surface area contributed by atoms with Crippen LogP contribution in [0.2, 0.25) is 0 Å². The standard InChI is InChI=1S/C16H20BrN3O/c1-4-7-18-15-8-12(3)19-16(20-15)10-21-14-9-13(17)6-5-11(14)2/h5-6,8-9H,4,7,10H2,1-3H3,(H,18,19,20). The number of aromatic nitrogens is 2. The first kappa shape index (κ1) is 15.8. The van der Waals surface area contributed by atoms with Crippen molar-refractivity contribution in [3.05, 3.63) is 45.8 Å². The van der Waals surface area contributed by atoms with E-state index in [0.717, 1.165) is 40.3 Å². The highest BCUT2D eigenvalue weighted by atomic mass is 79.9. The van der Waals surface area contributed by atoms with E-state index in [4.69, 9.17) is 4.74 Å². The average Bonchev–Trinajstić information content (AvgIpc) is 2.45. The first-order chi connectivity index (χ1) is 10.1. The summed E-state index contributed by atoms with van der Waals surface area (Å²) in [6.07, 6.45) is 1.06. The minimum absolute atomic E-state index is 0.361. The van der Waals surface area contributed by atoms with Gasteiger partial charge in [0.2, 0.25) is 0 Å². The molecule has 0 atom stereocenters. The van der Waals surface area contributed by atoms with E-state index >= 15 is 0 Å². The van der Waals surface area contributed by atoms with E-state index in [2.05, 4.69) is 38.1 Å². The Morgan fingerprint density at radius 1 is 1.19 bits per heavy atom. The summed E-state index contributed by atoms with van der Waals surface area (Å²) in [5.74, 6) is 2.39. The molecule has 0 aliphatic rings. The molecule has 1 aromatic heterocycles. The summed E-state index contributed by atoms with van der Waals surface area (Å²) >= 11 is 3.45. The highest BCUT2D eigenvalue weighted by Crippen LogP contribution is 2.23. The number of anilines is 1. The number of benzene rings is 1. The minimum Gasteiger partial charge on any atom is -0.485 e. The van der Waals surface area contributed by atoms with Gasteiger partial charge in [-0.1, -0.05) is 28.9 Å². The molecule has 0 saturated heterocycles. The lowest BCUT2D eigenvalue weighted by Crippen LogP contribution is -2.08. The van der Waals surface area contributed by atoms with Gasteiger partial charge in [-0.15, -0.1) is 0 Å². The van der Waals surface area contributed by atoms with Gasteiger partial charge in [0, 0.05) is 22.8 Å². The Morgan fingerprint density at radius 3 is 2.76 bits per heavy atom. The number of rotatable bonds is 6. The number of aryl methyl sites for hydroxylation is 2. The molecular formula is C16H20BrN3O. The summed E-state index contributed by atoms with van der Waals surface area (Å²) in [6, 6.07) is 7.92. The van der Waals surface area contributed by atoms with Gasteiger partial charge in [0.1, 0.15) is 18.2 Å². The van der Waals surface area contributed by atoms with Crippen LogP contribution in [0.5, 0.6) is 5.75 Å². The first-order valence-corrected chi connectivity index (χ1v) is 7.85. The Bertz CT molecular complexity index is 616. The molecule has 1 heterocycles. The van der Waals surface area contributed by atoms with Crippen LogP contribution < -0.4 is 10.1 Å². The number of hydrogen-bond donors (Lipinski definition) is 1. The molecule has 0 saturated carbocycles.